The van der Waals surface area contributed by atoms with Gasteiger partial charge in [-0.3, -0.25) is 4.79 Å². The summed E-state index contributed by atoms with van der Waals surface area (Å²) in [5, 5.41) is 6.58. The molecular formula is C19H20N2O5. The fraction of sp³-hybridized carbons (Fsp3) is 0.263. The summed E-state index contributed by atoms with van der Waals surface area (Å²) in [7, 11) is 1.63. The van der Waals surface area contributed by atoms with Gasteiger partial charge in [0, 0.05) is 12.1 Å². The normalized spacial score (nSPS) is 12.2. The smallest absolute Gasteiger partial charge is 0.260 e. The number of amides is 1. The maximum Gasteiger partial charge on any atom is 0.260 e. The average molecular weight is 356 g/mol. The predicted octanol–water partition coefficient (Wildman–Crippen LogP) is 2.13. The van der Waals surface area contributed by atoms with Gasteiger partial charge in [0.25, 0.3) is 5.91 Å². The lowest BCUT2D eigenvalue weighted by Crippen LogP contribution is -2.28. The Hall–Kier alpha value is -3.22. The fourth-order valence-electron chi connectivity index (χ4n) is 2.38. The largest absolute Gasteiger partial charge is 0.497 e. The van der Waals surface area contributed by atoms with Gasteiger partial charge in [0.1, 0.15) is 5.75 Å². The lowest BCUT2D eigenvalue weighted by atomic mass is 10.1. The van der Waals surface area contributed by atoms with Crippen LogP contribution in [0.25, 0.3) is 0 Å². The number of rotatable bonds is 8. The molecule has 1 N–H and O–H groups in total. The second kappa shape index (κ2) is 8.75. The van der Waals surface area contributed by atoms with E-state index >= 15 is 0 Å². The van der Waals surface area contributed by atoms with Gasteiger partial charge in [0.2, 0.25) is 6.79 Å². The Bertz CT molecular complexity index is 774. The number of ether oxygens (including phenoxy) is 3. The summed E-state index contributed by atoms with van der Waals surface area (Å²) in [5.41, 5.74) is 1.92. The molecule has 0 atom stereocenters. The molecule has 0 saturated heterocycles. The molecule has 1 aliphatic heterocycles. The van der Waals surface area contributed by atoms with Crippen molar-refractivity contribution >= 4 is 12.1 Å². The number of hydrogen-bond donors (Lipinski definition) is 1. The molecule has 1 heterocycles. The third-order valence-corrected chi connectivity index (χ3v) is 3.76. The molecule has 0 unspecified atom stereocenters. The van der Waals surface area contributed by atoms with Crippen LogP contribution < -0.4 is 19.5 Å². The minimum absolute atomic E-state index is 0.135. The van der Waals surface area contributed by atoms with E-state index in [-0.39, 0.29) is 19.3 Å². The van der Waals surface area contributed by atoms with Crippen molar-refractivity contribution in [1.82, 2.24) is 5.32 Å². The van der Waals surface area contributed by atoms with Crippen molar-refractivity contribution in [2.24, 2.45) is 5.16 Å². The highest BCUT2D eigenvalue weighted by Gasteiger charge is 2.12. The zero-order valence-electron chi connectivity index (χ0n) is 14.4. The zero-order chi connectivity index (χ0) is 18.2. The summed E-state index contributed by atoms with van der Waals surface area (Å²) < 4.78 is 15.6. The highest BCUT2D eigenvalue weighted by atomic mass is 16.7. The molecule has 0 saturated carbocycles. The molecule has 0 radical (unpaired) electrons. The number of nitrogens with zero attached hydrogens (tertiary/aromatic N) is 1. The molecule has 1 amide bonds. The fourth-order valence-corrected chi connectivity index (χ4v) is 2.38. The first kappa shape index (κ1) is 17.6. The van der Waals surface area contributed by atoms with Crippen LogP contribution in [0.3, 0.4) is 0 Å². The Morgan fingerprint density at radius 3 is 2.81 bits per heavy atom. The van der Waals surface area contributed by atoms with Gasteiger partial charge in [-0.1, -0.05) is 17.3 Å². The van der Waals surface area contributed by atoms with E-state index in [1.54, 1.807) is 19.2 Å². The monoisotopic (exact) mass is 356 g/mol. The van der Waals surface area contributed by atoms with Crippen LogP contribution in [0.4, 0.5) is 0 Å². The first-order valence-corrected chi connectivity index (χ1v) is 8.19. The van der Waals surface area contributed by atoms with Gasteiger partial charge in [-0.15, -0.1) is 0 Å². The van der Waals surface area contributed by atoms with E-state index in [1.165, 1.54) is 6.21 Å². The van der Waals surface area contributed by atoms with Crippen LogP contribution in [-0.2, 0) is 16.1 Å². The van der Waals surface area contributed by atoms with Crippen molar-refractivity contribution in [1.29, 1.82) is 0 Å². The Labute approximate surface area is 151 Å². The number of carbonyl (C=O) groups is 1. The molecule has 0 bridgehead atoms. The highest BCUT2D eigenvalue weighted by molar-refractivity contribution is 5.81. The maximum atomic E-state index is 11.7. The minimum atomic E-state index is -0.221. The van der Waals surface area contributed by atoms with Gasteiger partial charge in [-0.2, -0.15) is 0 Å². The van der Waals surface area contributed by atoms with E-state index in [0.717, 1.165) is 23.3 Å². The van der Waals surface area contributed by atoms with Crippen LogP contribution >= 0.6 is 0 Å². The summed E-state index contributed by atoms with van der Waals surface area (Å²) >= 11 is 0. The molecule has 3 rings (SSSR count). The van der Waals surface area contributed by atoms with Gasteiger partial charge in [-0.25, -0.2) is 0 Å². The van der Waals surface area contributed by atoms with Crippen molar-refractivity contribution in [3.63, 3.8) is 0 Å². The molecule has 136 valence electrons. The Morgan fingerprint density at radius 2 is 2.00 bits per heavy atom. The number of fused-ring (bicyclic) bond motifs is 1. The van der Waals surface area contributed by atoms with Gasteiger partial charge >= 0.3 is 0 Å². The maximum absolute atomic E-state index is 11.7. The first-order valence-electron chi connectivity index (χ1n) is 8.19. The number of nitrogens with one attached hydrogen (secondary N) is 1. The van der Waals surface area contributed by atoms with Crippen LogP contribution in [-0.4, -0.2) is 39.2 Å². The summed E-state index contributed by atoms with van der Waals surface area (Å²) in [5.74, 6) is 1.97. The van der Waals surface area contributed by atoms with E-state index in [1.807, 2.05) is 30.3 Å². The minimum Gasteiger partial charge on any atom is -0.497 e. The molecule has 0 aromatic heterocycles. The molecule has 7 heteroatoms. The molecule has 0 spiro atoms. The molecule has 1 aliphatic rings. The molecule has 7 nitrogen and oxygen atoms in total. The van der Waals surface area contributed by atoms with Gasteiger partial charge < -0.3 is 24.4 Å². The Balaban J connectivity index is 1.34. The van der Waals surface area contributed by atoms with Crippen LogP contribution in [0.2, 0.25) is 0 Å². The molecule has 2 aromatic carbocycles. The quantitative estimate of drug-likeness (QED) is 0.579. The lowest BCUT2D eigenvalue weighted by molar-refractivity contribution is -0.125. The van der Waals surface area contributed by atoms with Crippen molar-refractivity contribution < 1.29 is 23.8 Å². The molecular weight excluding hydrogens is 336 g/mol. The van der Waals surface area contributed by atoms with Crippen molar-refractivity contribution in [3.8, 4) is 17.2 Å². The number of carbonyl (C=O) groups excluding carboxylic acids is 1. The number of hydrogen-bond acceptors (Lipinski definition) is 6. The number of methoxy groups -OCH3 is 1. The van der Waals surface area contributed by atoms with Gasteiger partial charge in [0.05, 0.1) is 13.3 Å². The topological polar surface area (TPSA) is 78.4 Å². The van der Waals surface area contributed by atoms with Crippen molar-refractivity contribution in [3.05, 3.63) is 53.6 Å². The summed E-state index contributed by atoms with van der Waals surface area (Å²) in [6, 6.07) is 13.2. The van der Waals surface area contributed by atoms with Crippen LogP contribution in [0.1, 0.15) is 11.1 Å². The van der Waals surface area contributed by atoms with E-state index in [9.17, 15) is 4.79 Å². The molecule has 0 fully saturated rings. The van der Waals surface area contributed by atoms with E-state index in [4.69, 9.17) is 19.0 Å². The standard InChI is InChI=1S/C19H20N2O5/c1-23-16-5-2-14(3-6-16)8-9-20-19(22)12-26-21-11-15-4-7-17-18(10-15)25-13-24-17/h2-7,10-11H,8-9,12-13H2,1H3,(H,20,22)/b21-11+. The Morgan fingerprint density at radius 1 is 1.19 bits per heavy atom. The van der Waals surface area contributed by atoms with Crippen LogP contribution in [0, 0.1) is 0 Å². The molecule has 2 aromatic rings. The van der Waals surface area contributed by atoms with Crippen LogP contribution in [0.15, 0.2) is 47.6 Å². The zero-order valence-corrected chi connectivity index (χ0v) is 14.4. The third-order valence-electron chi connectivity index (χ3n) is 3.76. The van der Waals surface area contributed by atoms with E-state index in [0.29, 0.717) is 18.0 Å². The lowest BCUT2D eigenvalue weighted by Gasteiger charge is -2.05. The highest BCUT2D eigenvalue weighted by Crippen LogP contribution is 2.31. The SMILES string of the molecule is COc1ccc(CCNC(=O)CO/N=C/c2ccc3c(c2)OCO3)cc1. The van der Waals surface area contributed by atoms with E-state index < -0.39 is 0 Å². The number of oxime groups is 1. The molecule has 0 aliphatic carbocycles. The van der Waals surface area contributed by atoms with Gasteiger partial charge in [-0.05, 0) is 42.3 Å². The van der Waals surface area contributed by atoms with Crippen LogP contribution in [0.5, 0.6) is 17.2 Å². The molecule has 26 heavy (non-hydrogen) atoms. The summed E-state index contributed by atoms with van der Waals surface area (Å²) in [6.07, 6.45) is 2.25. The number of benzene rings is 2. The van der Waals surface area contributed by atoms with Gasteiger partial charge in [0.15, 0.2) is 18.1 Å². The van der Waals surface area contributed by atoms with Crippen molar-refractivity contribution in [2.45, 2.75) is 6.42 Å². The first-order chi connectivity index (χ1) is 12.7. The summed E-state index contributed by atoms with van der Waals surface area (Å²) in [4.78, 5) is 16.8. The Kier molecular flexibility index (Phi) is 5.92. The third kappa shape index (κ3) is 4.89. The van der Waals surface area contributed by atoms with E-state index in [2.05, 4.69) is 10.5 Å². The summed E-state index contributed by atoms with van der Waals surface area (Å²) in [6.45, 7) is 0.618. The second-order valence-electron chi connectivity index (χ2n) is 5.57. The second-order valence-corrected chi connectivity index (χ2v) is 5.57. The average Bonchev–Trinajstić information content (AvgIpc) is 3.13. The predicted molar refractivity (Wildman–Crippen MR) is 95.8 cm³/mol. The van der Waals surface area contributed by atoms with Crippen molar-refractivity contribution in [2.75, 3.05) is 27.1 Å².